The summed E-state index contributed by atoms with van der Waals surface area (Å²) in [6.07, 6.45) is 36.1. The molecule has 7 heteroatoms. The Bertz CT molecular complexity index is 2650. The van der Waals surface area contributed by atoms with E-state index in [0.717, 1.165) is 57.8 Å². The predicted molar refractivity (Wildman–Crippen MR) is 293 cm³/mol. The smallest absolute Gasteiger partial charge is 0.187 e. The van der Waals surface area contributed by atoms with Gasteiger partial charge in [0.2, 0.25) is 0 Å². The molecule has 0 N–H and O–H groups in total. The number of rotatable bonds is 36. The molecule has 7 nitrogen and oxygen atoms in total. The van der Waals surface area contributed by atoms with E-state index in [9.17, 15) is 19.2 Å². The normalized spacial score (nSPS) is 11.8. The Labute approximate surface area is 412 Å². The average molecular weight is 941 g/mol. The first-order valence-electron chi connectivity index (χ1n) is 27.9. The fourth-order valence-electron chi connectivity index (χ4n) is 10.5. The van der Waals surface area contributed by atoms with Crippen LogP contribution in [0.2, 0.25) is 0 Å². The highest BCUT2D eigenvalue weighted by atomic mass is 16.5. The Kier molecular flexibility index (Phi) is 22.8. The Balaban J connectivity index is 1.38. The van der Waals surface area contributed by atoms with Crippen LogP contribution in [-0.2, 0) is 0 Å². The van der Waals surface area contributed by atoms with Crippen LogP contribution in [-0.4, -0.2) is 19.8 Å². The summed E-state index contributed by atoms with van der Waals surface area (Å²) in [7, 11) is 0. The third kappa shape index (κ3) is 15.1. The van der Waals surface area contributed by atoms with Gasteiger partial charge in [0.05, 0.1) is 19.8 Å². The van der Waals surface area contributed by atoms with Crippen LogP contribution in [0.4, 0.5) is 0 Å². The molecule has 69 heavy (non-hydrogen) atoms. The van der Waals surface area contributed by atoms with E-state index in [1.165, 1.54) is 159 Å². The Morgan fingerprint density at radius 2 is 0.507 bits per heavy atom. The highest BCUT2D eigenvalue weighted by Crippen LogP contribution is 2.46. The van der Waals surface area contributed by atoms with E-state index in [-0.39, 0.29) is 43.3 Å². The molecule has 0 spiro atoms. The van der Waals surface area contributed by atoms with Gasteiger partial charge in [-0.15, -0.1) is 0 Å². The topological polar surface area (TPSA) is 96.0 Å². The van der Waals surface area contributed by atoms with Crippen LogP contribution in [0, 0.1) is 0 Å². The van der Waals surface area contributed by atoms with Crippen molar-refractivity contribution >= 4 is 53.9 Å². The van der Waals surface area contributed by atoms with Crippen LogP contribution < -0.4 is 35.9 Å². The molecular weight excluding hydrogens is 857 g/mol. The third-order valence-electron chi connectivity index (χ3n) is 14.4. The zero-order valence-corrected chi connectivity index (χ0v) is 42.9. The molecule has 0 amide bonds. The second-order valence-electron chi connectivity index (χ2n) is 20.0. The van der Waals surface area contributed by atoms with Gasteiger partial charge in [-0.25, -0.2) is 0 Å². The van der Waals surface area contributed by atoms with Crippen LogP contribution in [0.25, 0.3) is 53.9 Å². The maximum atomic E-state index is 14.2. The van der Waals surface area contributed by atoms with Gasteiger partial charge in [0.15, 0.2) is 21.7 Å². The van der Waals surface area contributed by atoms with Gasteiger partial charge >= 0.3 is 0 Å². The van der Waals surface area contributed by atoms with E-state index in [1.807, 2.05) is 18.2 Å². The summed E-state index contributed by atoms with van der Waals surface area (Å²) in [5, 5.41) is 4.78. The molecule has 0 unspecified atom stereocenters. The molecule has 6 rings (SSSR count). The lowest BCUT2D eigenvalue weighted by atomic mass is 9.89. The summed E-state index contributed by atoms with van der Waals surface area (Å²) in [4.78, 5) is 56.0. The van der Waals surface area contributed by atoms with Gasteiger partial charge in [-0.2, -0.15) is 0 Å². The molecule has 0 saturated heterocycles. The van der Waals surface area contributed by atoms with Gasteiger partial charge < -0.3 is 14.2 Å². The van der Waals surface area contributed by atoms with Crippen molar-refractivity contribution in [3.05, 3.63) is 95.5 Å². The summed E-state index contributed by atoms with van der Waals surface area (Å²) in [5.74, 6) is 1.63. The number of hydrogen-bond donors (Lipinski definition) is 0. The van der Waals surface area contributed by atoms with E-state index in [1.54, 1.807) is 12.1 Å². The van der Waals surface area contributed by atoms with Crippen LogP contribution >= 0.6 is 0 Å². The minimum atomic E-state index is -0.294. The van der Waals surface area contributed by atoms with Gasteiger partial charge in [-0.3, -0.25) is 19.2 Å². The van der Waals surface area contributed by atoms with Gasteiger partial charge in [0, 0.05) is 53.9 Å². The summed E-state index contributed by atoms with van der Waals surface area (Å²) in [6.45, 7) is 8.17. The molecule has 0 aliphatic heterocycles. The van der Waals surface area contributed by atoms with Crippen LogP contribution in [0.1, 0.15) is 213 Å². The van der Waals surface area contributed by atoms with Crippen LogP contribution in [0.15, 0.2) is 73.8 Å². The van der Waals surface area contributed by atoms with E-state index >= 15 is 0 Å². The Morgan fingerprint density at radius 1 is 0.261 bits per heavy atom. The first kappa shape index (κ1) is 53.6. The van der Waals surface area contributed by atoms with E-state index in [2.05, 4.69) is 20.8 Å². The van der Waals surface area contributed by atoms with Crippen LogP contribution in [0.5, 0.6) is 17.2 Å². The van der Waals surface area contributed by atoms with E-state index < -0.39 is 0 Å². The molecule has 374 valence electrons. The number of ether oxygens (including phenoxy) is 3. The molecule has 6 aromatic rings. The maximum Gasteiger partial charge on any atom is 0.187 e. The largest absolute Gasteiger partial charge is 0.493 e. The first-order valence-corrected chi connectivity index (χ1v) is 27.9. The van der Waals surface area contributed by atoms with Crippen molar-refractivity contribution in [2.75, 3.05) is 19.8 Å². The highest BCUT2D eigenvalue weighted by molar-refractivity contribution is 6.34. The summed E-state index contributed by atoms with van der Waals surface area (Å²) >= 11 is 0. The van der Waals surface area contributed by atoms with Crippen molar-refractivity contribution in [3.8, 4) is 17.2 Å². The fraction of sp³-hybridized carbons (Fsp3) is 0.581. The minimum absolute atomic E-state index is 0.273. The van der Waals surface area contributed by atoms with Crippen LogP contribution in [0.3, 0.4) is 0 Å². The van der Waals surface area contributed by atoms with Crippen molar-refractivity contribution in [2.24, 2.45) is 0 Å². The lowest BCUT2D eigenvalue weighted by molar-refractivity contribution is 0.304. The van der Waals surface area contributed by atoms with Gasteiger partial charge in [0.1, 0.15) is 17.2 Å². The molecule has 0 atom stereocenters. The van der Waals surface area contributed by atoms with Crippen molar-refractivity contribution < 1.29 is 14.2 Å². The molecule has 0 radical (unpaired) electrons. The lowest BCUT2D eigenvalue weighted by Gasteiger charge is -2.19. The van der Waals surface area contributed by atoms with Gasteiger partial charge in [-0.05, 0) is 73.9 Å². The average Bonchev–Trinajstić information content (AvgIpc) is 3.35. The quantitative estimate of drug-likeness (QED) is 0.0286. The van der Waals surface area contributed by atoms with Crippen molar-refractivity contribution in [2.45, 2.75) is 213 Å². The summed E-state index contributed by atoms with van der Waals surface area (Å²) < 4.78 is 20.0. The molecule has 6 aromatic carbocycles. The Hall–Kier alpha value is -4.78. The summed E-state index contributed by atoms with van der Waals surface area (Å²) in [6, 6.07) is 14.7. The molecule has 0 aliphatic rings. The third-order valence-corrected chi connectivity index (χ3v) is 14.4. The zero-order chi connectivity index (χ0) is 48.6. The Morgan fingerprint density at radius 3 is 0.841 bits per heavy atom. The number of hydrogen-bond acceptors (Lipinski definition) is 7. The van der Waals surface area contributed by atoms with E-state index in [4.69, 9.17) is 14.2 Å². The molecule has 0 bridgehead atoms. The van der Waals surface area contributed by atoms with Crippen molar-refractivity contribution in [1.29, 1.82) is 0 Å². The molecule has 0 aliphatic carbocycles. The predicted octanol–water partition coefficient (Wildman–Crippen LogP) is 16.7. The lowest BCUT2D eigenvalue weighted by Crippen LogP contribution is -2.12. The molecule has 0 aromatic heterocycles. The number of benzene rings is 6. The number of fused-ring (bicyclic) bond motifs is 9. The second-order valence-corrected chi connectivity index (χ2v) is 20.0. The molecular formula is C62H84O7. The van der Waals surface area contributed by atoms with Gasteiger partial charge in [-0.1, -0.05) is 194 Å². The van der Waals surface area contributed by atoms with Crippen molar-refractivity contribution in [3.63, 3.8) is 0 Å². The highest BCUT2D eigenvalue weighted by Gasteiger charge is 2.23. The SMILES string of the molecule is CCCCCCCCCCCCOc1cc2c(=O)ccc(=O)c2c2c1ccc1c(OCCCCCCCCCCCC)cc3c(OCCCCCCCCCCCC)cc4c(=O)ccc(=O)c4c3c12. The zero-order valence-electron chi connectivity index (χ0n) is 42.9. The fourth-order valence-corrected chi connectivity index (χ4v) is 10.5. The minimum Gasteiger partial charge on any atom is -0.493 e. The van der Waals surface area contributed by atoms with Gasteiger partial charge in [0.25, 0.3) is 0 Å². The second kappa shape index (κ2) is 29.4. The van der Waals surface area contributed by atoms with E-state index in [0.29, 0.717) is 69.4 Å². The number of unbranched alkanes of at least 4 members (excludes halogenated alkanes) is 27. The summed E-state index contributed by atoms with van der Waals surface area (Å²) in [5.41, 5.74) is -1.14. The molecule has 0 heterocycles. The maximum absolute atomic E-state index is 14.2. The molecule has 0 fully saturated rings. The first-order chi connectivity index (χ1) is 33.9. The monoisotopic (exact) mass is 941 g/mol. The van der Waals surface area contributed by atoms with Crippen molar-refractivity contribution in [1.82, 2.24) is 0 Å². The molecule has 0 saturated carbocycles. The standard InChI is InChI=1S/C62H84O7/c1-4-7-10-13-16-19-22-25-28-31-40-67-55-43-48-51(63)36-38-53(65)58(48)60-46(55)34-35-47-56(68-41-32-29-26-23-20-17-14-11-8-5-2)45-50-57(69-42-33-30-27-24-21-18-15-12-9-6-3)44-49-52(64)37-39-54(66)59(49)62(50)61(47)60/h34-39,43-45H,4-33,40-42H2,1-3H3.